The molecule has 5 nitrogen and oxygen atoms in total. The topological polar surface area (TPSA) is 58.6 Å². The van der Waals surface area contributed by atoms with Crippen LogP contribution in [-0.2, 0) is 10.3 Å². The second kappa shape index (κ2) is 5.24. The maximum absolute atomic E-state index is 12.6. The van der Waals surface area contributed by atoms with Crippen LogP contribution in [0.1, 0.15) is 25.0 Å². The van der Waals surface area contributed by atoms with Gasteiger partial charge in [0, 0.05) is 0 Å². The van der Waals surface area contributed by atoms with Crippen molar-refractivity contribution in [3.8, 4) is 5.75 Å². The molecular weight excluding hydrogens is 268 g/mol. The highest BCUT2D eigenvalue weighted by Gasteiger charge is 2.48. The Balaban J connectivity index is 2.39. The molecule has 1 heterocycles. The van der Waals surface area contributed by atoms with Crippen LogP contribution in [0, 0.1) is 6.92 Å². The molecule has 0 spiro atoms. The fourth-order valence-electron chi connectivity index (χ4n) is 2.50. The van der Waals surface area contributed by atoms with E-state index in [1.165, 1.54) is 4.90 Å². The minimum atomic E-state index is -1.05. The standard InChI is InChI=1S/C16H20N2O3/c1-10(2)9-18-14(19)16(4,17-15(18)20)12-6-7-13(21-5)11(3)8-12/h6-8H,1,9H2,2-5H3,(H,17,20). The molecule has 1 aromatic carbocycles. The van der Waals surface area contributed by atoms with Crippen LogP contribution < -0.4 is 10.1 Å². The van der Waals surface area contributed by atoms with Crippen LogP contribution in [0.3, 0.4) is 0 Å². The van der Waals surface area contributed by atoms with Gasteiger partial charge < -0.3 is 10.1 Å². The van der Waals surface area contributed by atoms with Gasteiger partial charge in [-0.25, -0.2) is 4.79 Å². The number of methoxy groups -OCH3 is 1. The number of ether oxygens (including phenoxy) is 1. The molecule has 2 rings (SSSR count). The number of aryl methyl sites for hydroxylation is 1. The molecule has 1 fully saturated rings. The van der Waals surface area contributed by atoms with E-state index in [0.29, 0.717) is 0 Å². The molecule has 0 radical (unpaired) electrons. The molecule has 21 heavy (non-hydrogen) atoms. The summed E-state index contributed by atoms with van der Waals surface area (Å²) in [6.45, 7) is 9.39. The van der Waals surface area contributed by atoms with Gasteiger partial charge >= 0.3 is 6.03 Å². The Bertz CT molecular complexity index is 624. The molecular formula is C16H20N2O3. The average Bonchev–Trinajstić information content (AvgIpc) is 2.63. The number of hydrogen-bond acceptors (Lipinski definition) is 3. The van der Waals surface area contributed by atoms with Gasteiger partial charge in [0.2, 0.25) is 0 Å². The summed E-state index contributed by atoms with van der Waals surface area (Å²) in [6, 6.07) is 5.07. The highest BCUT2D eigenvalue weighted by molar-refractivity contribution is 6.07. The molecule has 0 aromatic heterocycles. The van der Waals surface area contributed by atoms with Crippen LogP contribution in [-0.4, -0.2) is 30.5 Å². The maximum Gasteiger partial charge on any atom is 0.325 e. The van der Waals surface area contributed by atoms with Crippen molar-refractivity contribution in [1.29, 1.82) is 0 Å². The first-order valence-electron chi connectivity index (χ1n) is 6.73. The van der Waals surface area contributed by atoms with E-state index in [2.05, 4.69) is 11.9 Å². The van der Waals surface area contributed by atoms with Crippen molar-refractivity contribution in [1.82, 2.24) is 10.2 Å². The molecule has 0 aliphatic carbocycles. The van der Waals surface area contributed by atoms with Gasteiger partial charge in [-0.1, -0.05) is 18.2 Å². The lowest BCUT2D eigenvalue weighted by Gasteiger charge is -2.23. The summed E-state index contributed by atoms with van der Waals surface area (Å²) >= 11 is 0. The Labute approximate surface area is 124 Å². The zero-order valence-electron chi connectivity index (χ0n) is 12.8. The summed E-state index contributed by atoms with van der Waals surface area (Å²) < 4.78 is 5.22. The van der Waals surface area contributed by atoms with Gasteiger partial charge in [-0.3, -0.25) is 9.69 Å². The van der Waals surface area contributed by atoms with Crippen molar-refractivity contribution in [3.63, 3.8) is 0 Å². The van der Waals surface area contributed by atoms with Gasteiger partial charge in [0.25, 0.3) is 5.91 Å². The van der Waals surface area contributed by atoms with Crippen LogP contribution in [0.4, 0.5) is 4.79 Å². The van der Waals surface area contributed by atoms with Crippen LogP contribution in [0.15, 0.2) is 30.4 Å². The quantitative estimate of drug-likeness (QED) is 0.683. The first kappa shape index (κ1) is 15.1. The zero-order chi connectivity index (χ0) is 15.8. The Hall–Kier alpha value is -2.30. The summed E-state index contributed by atoms with van der Waals surface area (Å²) in [5.41, 5.74) is 1.36. The van der Waals surface area contributed by atoms with E-state index in [1.54, 1.807) is 33.1 Å². The molecule has 112 valence electrons. The zero-order valence-corrected chi connectivity index (χ0v) is 12.8. The highest BCUT2D eigenvalue weighted by atomic mass is 16.5. The number of nitrogens with one attached hydrogen (secondary N) is 1. The normalized spacial score (nSPS) is 21.4. The minimum Gasteiger partial charge on any atom is -0.496 e. The Morgan fingerprint density at radius 3 is 2.62 bits per heavy atom. The number of hydrogen-bond donors (Lipinski definition) is 1. The largest absolute Gasteiger partial charge is 0.496 e. The highest BCUT2D eigenvalue weighted by Crippen LogP contribution is 2.31. The molecule has 1 N–H and O–H groups in total. The lowest BCUT2D eigenvalue weighted by atomic mass is 9.90. The van der Waals surface area contributed by atoms with Gasteiger partial charge in [0.15, 0.2) is 0 Å². The van der Waals surface area contributed by atoms with E-state index in [0.717, 1.165) is 22.4 Å². The SMILES string of the molecule is C=C(C)CN1C(=O)NC(C)(c2ccc(OC)c(C)c2)C1=O. The summed E-state index contributed by atoms with van der Waals surface area (Å²) in [7, 11) is 1.60. The molecule has 0 bridgehead atoms. The number of imide groups is 1. The van der Waals surface area contributed by atoms with E-state index >= 15 is 0 Å². The fourth-order valence-corrected chi connectivity index (χ4v) is 2.50. The van der Waals surface area contributed by atoms with E-state index < -0.39 is 5.54 Å². The number of benzene rings is 1. The molecule has 1 unspecified atom stereocenters. The van der Waals surface area contributed by atoms with Crippen LogP contribution in [0.2, 0.25) is 0 Å². The van der Waals surface area contributed by atoms with E-state index in [1.807, 2.05) is 13.0 Å². The molecule has 1 aromatic rings. The lowest BCUT2D eigenvalue weighted by molar-refractivity contribution is -0.130. The number of rotatable bonds is 4. The van der Waals surface area contributed by atoms with Gasteiger partial charge in [-0.05, 0) is 44.0 Å². The second-order valence-electron chi connectivity index (χ2n) is 5.59. The van der Waals surface area contributed by atoms with Crippen molar-refractivity contribution in [2.75, 3.05) is 13.7 Å². The van der Waals surface area contributed by atoms with Crippen molar-refractivity contribution >= 4 is 11.9 Å². The second-order valence-corrected chi connectivity index (χ2v) is 5.59. The summed E-state index contributed by atoms with van der Waals surface area (Å²) in [6.07, 6.45) is 0. The van der Waals surface area contributed by atoms with Crippen LogP contribution >= 0.6 is 0 Å². The number of urea groups is 1. The number of nitrogens with zero attached hydrogens (tertiary/aromatic N) is 1. The summed E-state index contributed by atoms with van der Waals surface area (Å²) in [5.74, 6) is 0.484. The summed E-state index contributed by atoms with van der Waals surface area (Å²) in [4.78, 5) is 25.9. The monoisotopic (exact) mass is 288 g/mol. The molecule has 1 aliphatic rings. The molecule has 0 saturated carbocycles. The van der Waals surface area contributed by atoms with Crippen molar-refractivity contribution in [2.45, 2.75) is 26.3 Å². The first-order chi connectivity index (χ1) is 9.79. The third-order valence-electron chi connectivity index (χ3n) is 3.68. The van der Waals surface area contributed by atoms with Crippen LogP contribution in [0.5, 0.6) is 5.75 Å². The molecule has 5 heteroatoms. The number of carbonyl (C=O) groups excluding carboxylic acids is 2. The average molecular weight is 288 g/mol. The van der Waals surface area contributed by atoms with E-state index in [-0.39, 0.29) is 18.5 Å². The van der Waals surface area contributed by atoms with Gasteiger partial charge in [0.1, 0.15) is 11.3 Å². The predicted octanol–water partition coefficient (Wildman–Crippen LogP) is 2.35. The Morgan fingerprint density at radius 2 is 2.10 bits per heavy atom. The first-order valence-corrected chi connectivity index (χ1v) is 6.73. The Morgan fingerprint density at radius 1 is 1.43 bits per heavy atom. The predicted molar refractivity (Wildman–Crippen MR) is 80.1 cm³/mol. The number of carbonyl (C=O) groups is 2. The van der Waals surface area contributed by atoms with E-state index in [4.69, 9.17) is 4.74 Å². The maximum atomic E-state index is 12.6. The molecule has 1 saturated heterocycles. The fraction of sp³-hybridized carbons (Fsp3) is 0.375. The molecule has 3 amide bonds. The minimum absolute atomic E-state index is 0.232. The third kappa shape index (κ3) is 2.51. The molecule has 1 atom stereocenters. The third-order valence-corrected chi connectivity index (χ3v) is 3.68. The van der Waals surface area contributed by atoms with Gasteiger partial charge in [0.05, 0.1) is 13.7 Å². The Kier molecular flexibility index (Phi) is 3.77. The number of amides is 3. The lowest BCUT2D eigenvalue weighted by Crippen LogP contribution is -2.41. The van der Waals surface area contributed by atoms with Crippen molar-refractivity contribution in [3.05, 3.63) is 41.5 Å². The summed E-state index contributed by atoms with van der Waals surface area (Å²) in [5, 5.41) is 2.77. The molecule has 1 aliphatic heterocycles. The van der Waals surface area contributed by atoms with Crippen molar-refractivity contribution < 1.29 is 14.3 Å². The van der Waals surface area contributed by atoms with Gasteiger partial charge in [-0.2, -0.15) is 0 Å². The smallest absolute Gasteiger partial charge is 0.325 e. The van der Waals surface area contributed by atoms with Crippen LogP contribution in [0.25, 0.3) is 0 Å². The van der Waals surface area contributed by atoms with Crippen molar-refractivity contribution in [2.24, 2.45) is 0 Å². The van der Waals surface area contributed by atoms with E-state index in [9.17, 15) is 9.59 Å². The van der Waals surface area contributed by atoms with Gasteiger partial charge in [-0.15, -0.1) is 0 Å².